The Labute approximate surface area is 215 Å². The van der Waals surface area contributed by atoms with Crippen LogP contribution in [0.4, 0.5) is 4.79 Å². The summed E-state index contributed by atoms with van der Waals surface area (Å²) in [5.41, 5.74) is 1.73. The third-order valence-corrected chi connectivity index (χ3v) is 5.53. The predicted octanol–water partition coefficient (Wildman–Crippen LogP) is 3.96. The topological polar surface area (TPSA) is 114 Å². The van der Waals surface area contributed by atoms with Crippen molar-refractivity contribution in [3.63, 3.8) is 0 Å². The second-order valence-electron chi connectivity index (χ2n) is 9.91. The number of nitrogens with one attached hydrogen (secondary N) is 2. The van der Waals surface area contributed by atoms with E-state index in [1.165, 1.54) is 12.0 Å². The fourth-order valence-corrected chi connectivity index (χ4v) is 3.68. The average molecular weight is 506 g/mol. The second kappa shape index (κ2) is 15.1. The molecular formula is C27H43N3O6. The van der Waals surface area contributed by atoms with Crippen LogP contribution in [0.5, 0.6) is 0 Å². The van der Waals surface area contributed by atoms with Gasteiger partial charge in [-0.2, -0.15) is 0 Å². The zero-order chi connectivity index (χ0) is 27.3. The molecule has 0 radical (unpaired) electrons. The Morgan fingerprint density at radius 1 is 0.972 bits per heavy atom. The molecule has 0 aliphatic rings. The van der Waals surface area contributed by atoms with Gasteiger partial charge in [-0.1, -0.05) is 56.4 Å². The summed E-state index contributed by atoms with van der Waals surface area (Å²) in [6.07, 6.45) is 4.09. The van der Waals surface area contributed by atoms with Gasteiger partial charge in [0, 0.05) is 6.54 Å². The summed E-state index contributed by atoms with van der Waals surface area (Å²) in [5, 5.41) is 5.10. The van der Waals surface area contributed by atoms with Crippen LogP contribution >= 0.6 is 0 Å². The molecule has 1 aromatic carbocycles. The minimum atomic E-state index is -0.978. The Morgan fingerprint density at radius 2 is 1.64 bits per heavy atom. The molecule has 0 aliphatic heterocycles. The van der Waals surface area contributed by atoms with Crippen LogP contribution in [0.25, 0.3) is 0 Å². The largest absolute Gasteiger partial charge is 0.468 e. The van der Waals surface area contributed by atoms with E-state index in [9.17, 15) is 19.2 Å². The van der Waals surface area contributed by atoms with Crippen LogP contribution < -0.4 is 10.6 Å². The number of hydrogen-bond donors (Lipinski definition) is 2. The zero-order valence-corrected chi connectivity index (χ0v) is 22.9. The minimum absolute atomic E-state index is 0.314. The molecule has 0 aromatic heterocycles. The van der Waals surface area contributed by atoms with E-state index in [0.717, 1.165) is 36.8 Å². The quantitative estimate of drug-likeness (QED) is 0.310. The van der Waals surface area contributed by atoms with Gasteiger partial charge in [0.1, 0.15) is 24.7 Å². The molecule has 1 atom stereocenters. The number of alkyl carbamates (subject to hydrolysis) is 1. The zero-order valence-electron chi connectivity index (χ0n) is 22.9. The summed E-state index contributed by atoms with van der Waals surface area (Å²) in [5.74, 6) is -1.50. The number of rotatable bonds is 13. The molecule has 2 N–H and O–H groups in total. The lowest BCUT2D eigenvalue weighted by Crippen LogP contribution is -2.49. The first-order valence-corrected chi connectivity index (χ1v) is 12.6. The molecular weight excluding hydrogens is 462 g/mol. The molecule has 0 heterocycles. The van der Waals surface area contributed by atoms with Gasteiger partial charge in [0.2, 0.25) is 11.8 Å². The molecule has 0 fully saturated rings. The van der Waals surface area contributed by atoms with Crippen LogP contribution in [-0.4, -0.2) is 61.1 Å². The van der Waals surface area contributed by atoms with E-state index in [-0.39, 0.29) is 13.1 Å². The summed E-state index contributed by atoms with van der Waals surface area (Å²) in [4.78, 5) is 52.2. The number of nitrogens with zero attached hydrogens (tertiary/aromatic N) is 1. The lowest BCUT2D eigenvalue weighted by molar-refractivity contribution is -0.143. The molecule has 1 unspecified atom stereocenters. The molecule has 0 saturated carbocycles. The molecule has 9 nitrogen and oxygen atoms in total. The van der Waals surface area contributed by atoms with E-state index in [0.29, 0.717) is 18.5 Å². The lowest BCUT2D eigenvalue weighted by Gasteiger charge is -2.32. The van der Waals surface area contributed by atoms with Crippen molar-refractivity contribution in [2.75, 3.05) is 26.7 Å². The number of aryl methyl sites for hydroxylation is 2. The van der Waals surface area contributed by atoms with Crippen molar-refractivity contribution in [2.45, 2.75) is 85.3 Å². The van der Waals surface area contributed by atoms with Crippen molar-refractivity contribution >= 4 is 23.9 Å². The lowest BCUT2D eigenvalue weighted by atomic mass is 9.96. The third-order valence-electron chi connectivity index (χ3n) is 5.53. The van der Waals surface area contributed by atoms with Crippen LogP contribution in [0, 0.1) is 13.8 Å². The van der Waals surface area contributed by atoms with Gasteiger partial charge < -0.3 is 25.0 Å². The van der Waals surface area contributed by atoms with E-state index >= 15 is 0 Å². The van der Waals surface area contributed by atoms with E-state index in [4.69, 9.17) is 4.74 Å². The molecule has 36 heavy (non-hydrogen) atoms. The van der Waals surface area contributed by atoms with E-state index in [2.05, 4.69) is 22.3 Å². The normalized spacial score (nSPS) is 11.9. The van der Waals surface area contributed by atoms with Crippen LogP contribution in [0.1, 0.15) is 82.5 Å². The molecule has 1 rings (SSSR count). The van der Waals surface area contributed by atoms with E-state index < -0.39 is 35.5 Å². The summed E-state index contributed by atoms with van der Waals surface area (Å²) in [7, 11) is 1.24. The number of benzene rings is 1. The fourth-order valence-electron chi connectivity index (χ4n) is 3.68. The summed E-state index contributed by atoms with van der Waals surface area (Å²) in [6, 6.07) is 4.72. The maximum absolute atomic E-state index is 13.4. The SMILES string of the molecule is CCCCCCCN(C(=O)CNC(=O)OC(C)(C)C)C(C(=O)NCC(=O)OC)c1cc(C)ccc1C. The summed E-state index contributed by atoms with van der Waals surface area (Å²) >= 11 is 0. The molecule has 0 aliphatic carbocycles. The van der Waals surface area contributed by atoms with Crippen LogP contribution in [0.15, 0.2) is 18.2 Å². The summed E-state index contributed by atoms with van der Waals surface area (Å²) in [6.45, 7) is 10.8. The van der Waals surface area contributed by atoms with Crippen molar-refractivity contribution in [2.24, 2.45) is 0 Å². The maximum atomic E-state index is 13.4. The van der Waals surface area contributed by atoms with Crippen LogP contribution in [0.3, 0.4) is 0 Å². The molecule has 0 bridgehead atoms. The Kier molecular flexibility index (Phi) is 13.0. The number of esters is 1. The smallest absolute Gasteiger partial charge is 0.408 e. The van der Waals surface area contributed by atoms with Gasteiger partial charge in [0.25, 0.3) is 0 Å². The Morgan fingerprint density at radius 3 is 2.25 bits per heavy atom. The maximum Gasteiger partial charge on any atom is 0.408 e. The van der Waals surface area contributed by atoms with E-state index in [1.54, 1.807) is 20.8 Å². The van der Waals surface area contributed by atoms with Crippen molar-refractivity contribution in [3.05, 3.63) is 34.9 Å². The van der Waals surface area contributed by atoms with Gasteiger partial charge in [-0.05, 0) is 52.2 Å². The van der Waals surface area contributed by atoms with Crippen molar-refractivity contribution in [1.29, 1.82) is 0 Å². The number of carbonyl (C=O) groups excluding carboxylic acids is 4. The highest BCUT2D eigenvalue weighted by Gasteiger charge is 2.33. The van der Waals surface area contributed by atoms with Crippen molar-refractivity contribution in [1.82, 2.24) is 15.5 Å². The first-order valence-electron chi connectivity index (χ1n) is 12.6. The highest BCUT2D eigenvalue weighted by atomic mass is 16.6. The monoisotopic (exact) mass is 505 g/mol. The first kappa shape index (κ1) is 30.9. The number of unbranched alkanes of at least 4 members (excludes halogenated alkanes) is 4. The Hall–Kier alpha value is -3.10. The number of ether oxygens (including phenoxy) is 2. The summed E-state index contributed by atoms with van der Waals surface area (Å²) < 4.78 is 9.89. The average Bonchev–Trinajstić information content (AvgIpc) is 2.80. The number of methoxy groups -OCH3 is 1. The molecule has 0 spiro atoms. The van der Waals surface area contributed by atoms with Crippen LogP contribution in [0.2, 0.25) is 0 Å². The standard InChI is InChI=1S/C27H43N3O6/c1-8-9-10-11-12-15-30(22(31)17-29-26(34)36-27(4,5)6)24(25(33)28-18-23(32)35-7)21-16-19(2)13-14-20(21)3/h13-14,16,24H,8-12,15,17-18H2,1-7H3,(H,28,33)(H,29,34). The highest BCUT2D eigenvalue weighted by Crippen LogP contribution is 2.26. The Bertz CT molecular complexity index is 894. The van der Waals surface area contributed by atoms with Gasteiger partial charge >= 0.3 is 12.1 Å². The number of hydrogen-bond acceptors (Lipinski definition) is 6. The number of carbonyl (C=O) groups is 4. The van der Waals surface area contributed by atoms with Crippen molar-refractivity contribution < 1.29 is 28.7 Å². The minimum Gasteiger partial charge on any atom is -0.468 e. The van der Waals surface area contributed by atoms with Gasteiger partial charge in [-0.3, -0.25) is 14.4 Å². The first-order chi connectivity index (χ1) is 16.9. The molecule has 202 valence electrons. The van der Waals surface area contributed by atoms with E-state index in [1.807, 2.05) is 32.0 Å². The molecule has 1 aromatic rings. The second-order valence-corrected chi connectivity index (χ2v) is 9.91. The fraction of sp³-hybridized carbons (Fsp3) is 0.630. The molecule has 0 saturated heterocycles. The van der Waals surface area contributed by atoms with Crippen LogP contribution in [-0.2, 0) is 23.9 Å². The molecule has 9 heteroatoms. The predicted molar refractivity (Wildman–Crippen MR) is 138 cm³/mol. The molecule has 3 amide bonds. The van der Waals surface area contributed by atoms with Crippen molar-refractivity contribution in [3.8, 4) is 0 Å². The van der Waals surface area contributed by atoms with Gasteiger partial charge in [-0.25, -0.2) is 4.79 Å². The van der Waals surface area contributed by atoms with Gasteiger partial charge in [0.05, 0.1) is 7.11 Å². The van der Waals surface area contributed by atoms with Gasteiger partial charge in [-0.15, -0.1) is 0 Å². The number of amides is 3. The highest BCUT2D eigenvalue weighted by molar-refractivity contribution is 5.92. The third kappa shape index (κ3) is 11.1. The van der Waals surface area contributed by atoms with Gasteiger partial charge in [0.15, 0.2) is 0 Å². The Balaban J connectivity index is 3.27.